The number of benzene rings is 3. The summed E-state index contributed by atoms with van der Waals surface area (Å²) >= 11 is 0. The second-order valence-electron chi connectivity index (χ2n) is 13.8. The van der Waals surface area contributed by atoms with E-state index in [1.807, 2.05) is 30.3 Å². The van der Waals surface area contributed by atoms with Crippen molar-refractivity contribution in [3.63, 3.8) is 0 Å². The van der Waals surface area contributed by atoms with Gasteiger partial charge in [0.25, 0.3) is 5.91 Å². The molecule has 0 spiro atoms. The van der Waals surface area contributed by atoms with Crippen LogP contribution in [0.2, 0.25) is 0 Å². The highest BCUT2D eigenvalue weighted by atomic mass is 16.5. The zero-order valence-corrected chi connectivity index (χ0v) is 32.1. The summed E-state index contributed by atoms with van der Waals surface area (Å²) in [6, 6.07) is 21.4. The van der Waals surface area contributed by atoms with E-state index < -0.39 is 29.9 Å². The van der Waals surface area contributed by atoms with Gasteiger partial charge in [-0.25, -0.2) is 4.79 Å². The number of methoxy groups -OCH3 is 1. The van der Waals surface area contributed by atoms with Crippen LogP contribution in [-0.2, 0) is 25.7 Å². The van der Waals surface area contributed by atoms with Crippen LogP contribution in [0.25, 0.3) is 0 Å². The van der Waals surface area contributed by atoms with Crippen LogP contribution in [0.15, 0.2) is 78.9 Å². The molecule has 2 atom stereocenters. The average molecular weight is 728 g/mol. The summed E-state index contributed by atoms with van der Waals surface area (Å²) in [4.78, 5) is 51.5. The number of esters is 1. The molecule has 0 fully saturated rings. The minimum atomic E-state index is -1.07. The Balaban J connectivity index is 1.42. The summed E-state index contributed by atoms with van der Waals surface area (Å²) in [6.07, 6.45) is 18.9. The van der Waals surface area contributed by atoms with Crippen molar-refractivity contribution in [2.24, 2.45) is 0 Å². The Hall–Kier alpha value is -4.50. The Morgan fingerprint density at radius 1 is 0.623 bits per heavy atom. The van der Waals surface area contributed by atoms with Crippen LogP contribution in [0.4, 0.5) is 11.4 Å². The minimum absolute atomic E-state index is 0.0470. The molecule has 3 aromatic carbocycles. The summed E-state index contributed by atoms with van der Waals surface area (Å²) < 4.78 is 10.8. The molecule has 0 bridgehead atoms. The first-order valence-electron chi connectivity index (χ1n) is 19.7. The van der Waals surface area contributed by atoms with Gasteiger partial charge in [-0.15, -0.1) is 0 Å². The fraction of sp³-hybridized carbons (Fsp3) is 0.500. The zero-order chi connectivity index (χ0) is 38.1. The molecule has 0 radical (unpaired) electrons. The van der Waals surface area contributed by atoms with E-state index in [9.17, 15) is 19.2 Å². The van der Waals surface area contributed by atoms with Crippen molar-refractivity contribution in [2.75, 3.05) is 17.7 Å². The fourth-order valence-electron chi connectivity index (χ4n) is 6.17. The molecule has 9 nitrogen and oxygen atoms in total. The van der Waals surface area contributed by atoms with Crippen molar-refractivity contribution in [3.8, 4) is 0 Å². The summed E-state index contributed by atoms with van der Waals surface area (Å²) in [5.74, 6) is -1.56. The number of hydrogen-bond donors (Lipinski definition) is 3. The van der Waals surface area contributed by atoms with Crippen LogP contribution in [0.3, 0.4) is 0 Å². The van der Waals surface area contributed by atoms with Crippen LogP contribution < -0.4 is 16.0 Å². The van der Waals surface area contributed by atoms with Gasteiger partial charge in [0.1, 0.15) is 6.04 Å². The van der Waals surface area contributed by atoms with Gasteiger partial charge < -0.3 is 25.4 Å². The molecule has 0 aromatic heterocycles. The summed E-state index contributed by atoms with van der Waals surface area (Å²) in [5.41, 5.74) is 2.50. The lowest BCUT2D eigenvalue weighted by atomic mass is 10.0. The van der Waals surface area contributed by atoms with Crippen LogP contribution in [0.1, 0.15) is 143 Å². The number of nitrogens with one attached hydrogen (secondary N) is 3. The van der Waals surface area contributed by atoms with Crippen molar-refractivity contribution >= 4 is 35.1 Å². The fourth-order valence-corrected chi connectivity index (χ4v) is 6.17. The maximum absolute atomic E-state index is 13.5. The lowest BCUT2D eigenvalue weighted by Gasteiger charge is -2.25. The molecule has 3 amide bonds. The molecule has 0 aliphatic heterocycles. The Labute approximate surface area is 317 Å². The smallest absolute Gasteiger partial charge is 0.337 e. The molecular formula is C44H61N3O6. The van der Waals surface area contributed by atoms with Crippen molar-refractivity contribution in [1.29, 1.82) is 0 Å². The molecule has 0 heterocycles. The average Bonchev–Trinajstić information content (AvgIpc) is 3.17. The molecule has 3 rings (SSSR count). The number of anilines is 2. The quantitative estimate of drug-likeness (QED) is 0.0559. The van der Waals surface area contributed by atoms with Gasteiger partial charge in [-0.2, -0.15) is 0 Å². The van der Waals surface area contributed by atoms with Gasteiger partial charge in [0.2, 0.25) is 11.8 Å². The van der Waals surface area contributed by atoms with Crippen molar-refractivity contribution in [2.45, 2.75) is 135 Å². The second kappa shape index (κ2) is 25.5. The van der Waals surface area contributed by atoms with Crippen LogP contribution in [-0.4, -0.2) is 42.9 Å². The normalized spacial score (nSPS) is 12.1. The van der Waals surface area contributed by atoms with Crippen molar-refractivity contribution in [3.05, 3.63) is 95.6 Å². The molecule has 0 saturated heterocycles. The molecule has 0 saturated carbocycles. The first kappa shape index (κ1) is 42.9. The van der Waals surface area contributed by atoms with E-state index in [-0.39, 0.29) is 18.1 Å². The predicted molar refractivity (Wildman–Crippen MR) is 213 cm³/mol. The number of amides is 3. The molecule has 3 N–H and O–H groups in total. The number of carbonyl (C=O) groups is 4. The Bertz CT molecular complexity index is 1510. The van der Waals surface area contributed by atoms with Gasteiger partial charge in [-0.3, -0.25) is 14.4 Å². The molecule has 1 unspecified atom stereocenters. The molecule has 0 aliphatic carbocycles. The van der Waals surface area contributed by atoms with Crippen molar-refractivity contribution in [1.82, 2.24) is 5.32 Å². The highest BCUT2D eigenvalue weighted by molar-refractivity contribution is 6.02. The Morgan fingerprint density at radius 3 is 1.79 bits per heavy atom. The van der Waals surface area contributed by atoms with Gasteiger partial charge in [0.05, 0.1) is 25.4 Å². The molecule has 3 aromatic rings. The number of unbranched alkanes of at least 4 members (excludes halogenated alkanes) is 14. The SMILES string of the molecule is CCCCCCCCCCCCCCCCCC(=O)Nc1ccc(C(=O)N[C@H](C(=O)Nc2cccc(C(=O)OC)c2)C(C)OCc2ccccc2)cc1. The topological polar surface area (TPSA) is 123 Å². The maximum atomic E-state index is 13.5. The zero-order valence-electron chi connectivity index (χ0n) is 32.1. The van der Waals surface area contributed by atoms with Crippen LogP contribution in [0.5, 0.6) is 0 Å². The maximum Gasteiger partial charge on any atom is 0.337 e. The summed E-state index contributed by atoms with van der Waals surface area (Å²) in [6.45, 7) is 4.22. The number of hydrogen-bond acceptors (Lipinski definition) is 6. The Morgan fingerprint density at radius 2 is 1.21 bits per heavy atom. The summed E-state index contributed by atoms with van der Waals surface area (Å²) in [5, 5.41) is 8.52. The van der Waals surface area contributed by atoms with Gasteiger partial charge in [0.15, 0.2) is 0 Å². The monoisotopic (exact) mass is 727 g/mol. The van der Waals surface area contributed by atoms with E-state index in [2.05, 4.69) is 22.9 Å². The standard InChI is InChI=1S/C44H61N3O6/c1-4-5-6-7-8-9-10-11-12-13-14-15-16-17-21-27-40(48)45-38-30-28-36(29-31-38)42(49)47-41(34(2)53-33-35-23-19-18-20-24-35)43(50)46-39-26-22-25-37(32-39)44(51)52-3/h18-20,22-26,28-32,34,41H,4-17,21,27,33H2,1-3H3,(H,45,48)(H,46,50)(H,47,49)/t34?,41-/m0/s1. The van der Waals surface area contributed by atoms with Gasteiger partial charge in [0, 0.05) is 23.4 Å². The second-order valence-corrected chi connectivity index (χ2v) is 13.8. The highest BCUT2D eigenvalue weighted by Gasteiger charge is 2.29. The van der Waals surface area contributed by atoms with E-state index in [0.29, 0.717) is 23.4 Å². The molecule has 53 heavy (non-hydrogen) atoms. The van der Waals surface area contributed by atoms with Crippen LogP contribution in [0, 0.1) is 0 Å². The predicted octanol–water partition coefficient (Wildman–Crippen LogP) is 10.0. The van der Waals surface area contributed by atoms with Crippen molar-refractivity contribution < 1.29 is 28.7 Å². The number of rotatable bonds is 26. The van der Waals surface area contributed by atoms with E-state index in [0.717, 1.165) is 24.8 Å². The molecule has 9 heteroatoms. The largest absolute Gasteiger partial charge is 0.465 e. The van der Waals surface area contributed by atoms with E-state index >= 15 is 0 Å². The molecule has 288 valence electrons. The van der Waals surface area contributed by atoms with Gasteiger partial charge in [-0.05, 0) is 61.4 Å². The van der Waals surface area contributed by atoms with E-state index in [4.69, 9.17) is 9.47 Å². The van der Waals surface area contributed by atoms with E-state index in [1.165, 1.54) is 90.2 Å². The lowest BCUT2D eigenvalue weighted by molar-refractivity contribution is -0.121. The first-order valence-corrected chi connectivity index (χ1v) is 19.7. The third-order valence-corrected chi connectivity index (χ3v) is 9.38. The van der Waals surface area contributed by atoms with E-state index in [1.54, 1.807) is 49.4 Å². The summed E-state index contributed by atoms with van der Waals surface area (Å²) in [7, 11) is 1.29. The number of carbonyl (C=O) groups excluding carboxylic acids is 4. The Kier molecular flexibility index (Phi) is 20.6. The first-order chi connectivity index (χ1) is 25.8. The third-order valence-electron chi connectivity index (χ3n) is 9.38. The lowest BCUT2D eigenvalue weighted by Crippen LogP contribution is -2.51. The number of ether oxygens (including phenoxy) is 2. The third kappa shape index (κ3) is 17.3. The van der Waals surface area contributed by atoms with Gasteiger partial charge in [-0.1, -0.05) is 133 Å². The van der Waals surface area contributed by atoms with Crippen LogP contribution >= 0.6 is 0 Å². The van der Waals surface area contributed by atoms with Gasteiger partial charge >= 0.3 is 5.97 Å². The minimum Gasteiger partial charge on any atom is -0.465 e. The molecule has 0 aliphatic rings. The molecular weight excluding hydrogens is 666 g/mol. The highest BCUT2D eigenvalue weighted by Crippen LogP contribution is 2.17.